The third-order valence-electron chi connectivity index (χ3n) is 5.00. The maximum atomic E-state index is 12.8. The predicted octanol–water partition coefficient (Wildman–Crippen LogP) is 2.47. The van der Waals surface area contributed by atoms with Gasteiger partial charge in [0, 0.05) is 30.8 Å². The maximum absolute atomic E-state index is 12.8. The van der Waals surface area contributed by atoms with Crippen LogP contribution in [-0.2, 0) is 9.59 Å². The predicted molar refractivity (Wildman–Crippen MR) is 106 cm³/mol. The molecule has 0 saturated carbocycles. The number of ether oxygens (including phenoxy) is 4. The summed E-state index contributed by atoms with van der Waals surface area (Å²) in [5.74, 6) is 1.55. The largest absolute Gasteiger partial charge is 0.497 e. The Kier molecular flexibility index (Phi) is 5.16. The lowest BCUT2D eigenvalue weighted by Gasteiger charge is -2.22. The number of carbonyl (C=O) groups excluding carboxylic acids is 2. The third kappa shape index (κ3) is 3.78. The summed E-state index contributed by atoms with van der Waals surface area (Å²) < 4.78 is 21.6. The van der Waals surface area contributed by atoms with Crippen LogP contribution in [0, 0.1) is 5.92 Å². The molecule has 0 radical (unpaired) electrons. The molecule has 0 aliphatic carbocycles. The van der Waals surface area contributed by atoms with Crippen molar-refractivity contribution in [1.29, 1.82) is 0 Å². The second-order valence-electron chi connectivity index (χ2n) is 6.79. The number of nitrogens with one attached hydrogen (secondary N) is 1. The number of anilines is 2. The van der Waals surface area contributed by atoms with Crippen molar-refractivity contribution in [2.45, 2.75) is 6.42 Å². The van der Waals surface area contributed by atoms with Crippen molar-refractivity contribution in [1.82, 2.24) is 0 Å². The fourth-order valence-electron chi connectivity index (χ4n) is 3.48. The van der Waals surface area contributed by atoms with Crippen LogP contribution in [0.4, 0.5) is 11.4 Å². The van der Waals surface area contributed by atoms with Crippen LogP contribution < -0.4 is 29.2 Å². The van der Waals surface area contributed by atoms with Gasteiger partial charge in [0.2, 0.25) is 11.8 Å². The Morgan fingerprint density at radius 3 is 2.62 bits per heavy atom. The fraction of sp³-hybridized carbons (Fsp3) is 0.333. The molecule has 2 aliphatic heterocycles. The first-order valence-corrected chi connectivity index (χ1v) is 9.32. The van der Waals surface area contributed by atoms with Crippen molar-refractivity contribution in [2.75, 3.05) is 44.2 Å². The smallest absolute Gasteiger partial charge is 0.229 e. The van der Waals surface area contributed by atoms with E-state index in [9.17, 15) is 9.59 Å². The van der Waals surface area contributed by atoms with Gasteiger partial charge >= 0.3 is 0 Å². The van der Waals surface area contributed by atoms with Crippen molar-refractivity contribution < 1.29 is 28.5 Å². The number of benzene rings is 2. The van der Waals surface area contributed by atoms with Gasteiger partial charge in [0.25, 0.3) is 0 Å². The molecule has 8 heteroatoms. The van der Waals surface area contributed by atoms with Gasteiger partial charge in [-0.15, -0.1) is 0 Å². The van der Waals surface area contributed by atoms with E-state index in [0.29, 0.717) is 47.6 Å². The van der Waals surface area contributed by atoms with Crippen molar-refractivity contribution in [3.8, 4) is 23.0 Å². The highest BCUT2D eigenvalue weighted by atomic mass is 16.6. The standard InChI is InChI=1S/C21H22N2O6/c1-26-15-4-6-17(27-2)16(11-15)22-21(25)13-9-20(24)23(12-13)14-3-5-18-19(10-14)29-8-7-28-18/h3-6,10-11,13H,7-9,12H2,1-2H3,(H,22,25). The average molecular weight is 398 g/mol. The molecule has 1 fully saturated rings. The minimum absolute atomic E-state index is 0.112. The number of hydrogen-bond acceptors (Lipinski definition) is 6. The molecule has 152 valence electrons. The number of hydrogen-bond donors (Lipinski definition) is 1. The molecule has 2 aliphatic rings. The van der Waals surface area contributed by atoms with Crippen LogP contribution in [0.1, 0.15) is 6.42 Å². The molecule has 2 amide bonds. The van der Waals surface area contributed by atoms with E-state index in [0.717, 1.165) is 0 Å². The van der Waals surface area contributed by atoms with Crippen LogP contribution in [0.5, 0.6) is 23.0 Å². The zero-order valence-corrected chi connectivity index (χ0v) is 16.3. The molecule has 1 N–H and O–H groups in total. The molecule has 29 heavy (non-hydrogen) atoms. The molecule has 0 aromatic heterocycles. The number of methoxy groups -OCH3 is 2. The zero-order valence-electron chi connectivity index (χ0n) is 16.3. The molecule has 0 spiro atoms. The number of amides is 2. The van der Waals surface area contributed by atoms with Gasteiger partial charge in [-0.05, 0) is 24.3 Å². The first-order chi connectivity index (χ1) is 14.1. The van der Waals surface area contributed by atoms with Gasteiger partial charge < -0.3 is 29.2 Å². The Morgan fingerprint density at radius 2 is 1.86 bits per heavy atom. The van der Waals surface area contributed by atoms with E-state index in [4.69, 9.17) is 18.9 Å². The Balaban J connectivity index is 1.49. The van der Waals surface area contributed by atoms with E-state index in [2.05, 4.69) is 5.32 Å². The average Bonchev–Trinajstić information content (AvgIpc) is 3.15. The van der Waals surface area contributed by atoms with Crippen LogP contribution in [0.15, 0.2) is 36.4 Å². The highest BCUT2D eigenvalue weighted by molar-refractivity contribution is 6.04. The number of nitrogens with zero attached hydrogens (tertiary/aromatic N) is 1. The maximum Gasteiger partial charge on any atom is 0.229 e. The molecule has 2 aromatic rings. The van der Waals surface area contributed by atoms with Gasteiger partial charge in [-0.3, -0.25) is 9.59 Å². The van der Waals surface area contributed by atoms with E-state index in [1.54, 1.807) is 48.4 Å². The fourth-order valence-corrected chi connectivity index (χ4v) is 3.48. The summed E-state index contributed by atoms with van der Waals surface area (Å²) in [5, 5.41) is 2.85. The van der Waals surface area contributed by atoms with E-state index >= 15 is 0 Å². The Morgan fingerprint density at radius 1 is 1.07 bits per heavy atom. The number of fused-ring (bicyclic) bond motifs is 1. The van der Waals surface area contributed by atoms with Crippen LogP contribution >= 0.6 is 0 Å². The lowest BCUT2D eigenvalue weighted by molar-refractivity contribution is -0.122. The molecular formula is C21H22N2O6. The lowest BCUT2D eigenvalue weighted by Crippen LogP contribution is -2.28. The van der Waals surface area contributed by atoms with Crippen LogP contribution in [0.3, 0.4) is 0 Å². The summed E-state index contributed by atoms with van der Waals surface area (Å²) in [6.45, 7) is 1.26. The minimum Gasteiger partial charge on any atom is -0.497 e. The van der Waals surface area contributed by atoms with Gasteiger partial charge in [-0.25, -0.2) is 0 Å². The van der Waals surface area contributed by atoms with Crippen LogP contribution in [-0.4, -0.2) is 45.8 Å². The van der Waals surface area contributed by atoms with Gasteiger partial charge in [-0.2, -0.15) is 0 Å². The first-order valence-electron chi connectivity index (χ1n) is 9.32. The van der Waals surface area contributed by atoms with Gasteiger partial charge in [0.1, 0.15) is 24.7 Å². The summed E-state index contributed by atoms with van der Waals surface area (Å²) in [7, 11) is 3.08. The summed E-state index contributed by atoms with van der Waals surface area (Å²) >= 11 is 0. The Labute approximate surface area is 168 Å². The van der Waals surface area contributed by atoms with E-state index in [1.807, 2.05) is 0 Å². The SMILES string of the molecule is COc1ccc(OC)c(NC(=O)C2CC(=O)N(c3ccc4c(c3)OCCO4)C2)c1. The van der Waals surface area contributed by atoms with Crippen LogP contribution in [0.25, 0.3) is 0 Å². The minimum atomic E-state index is -0.480. The lowest BCUT2D eigenvalue weighted by atomic mass is 10.1. The molecule has 8 nitrogen and oxygen atoms in total. The molecule has 0 bridgehead atoms. The zero-order chi connectivity index (χ0) is 20.4. The van der Waals surface area contributed by atoms with Crippen molar-refractivity contribution in [3.05, 3.63) is 36.4 Å². The van der Waals surface area contributed by atoms with Crippen molar-refractivity contribution in [3.63, 3.8) is 0 Å². The van der Waals surface area contributed by atoms with Crippen LogP contribution in [0.2, 0.25) is 0 Å². The van der Waals surface area contributed by atoms with Gasteiger partial charge in [0.15, 0.2) is 11.5 Å². The second kappa shape index (κ2) is 7.90. The molecule has 1 atom stereocenters. The molecular weight excluding hydrogens is 376 g/mol. The molecule has 1 saturated heterocycles. The molecule has 4 rings (SSSR count). The number of carbonyl (C=O) groups is 2. The van der Waals surface area contributed by atoms with Gasteiger partial charge in [-0.1, -0.05) is 0 Å². The first kappa shape index (κ1) is 18.9. The molecule has 2 heterocycles. The van der Waals surface area contributed by atoms with Crippen molar-refractivity contribution in [2.24, 2.45) is 5.92 Å². The molecule has 2 aromatic carbocycles. The highest BCUT2D eigenvalue weighted by Crippen LogP contribution is 2.36. The summed E-state index contributed by atoms with van der Waals surface area (Å²) in [6.07, 6.45) is 0.132. The third-order valence-corrected chi connectivity index (χ3v) is 5.00. The Hall–Kier alpha value is -3.42. The van der Waals surface area contributed by atoms with Gasteiger partial charge in [0.05, 0.1) is 25.8 Å². The summed E-state index contributed by atoms with van der Waals surface area (Å²) in [4.78, 5) is 27.0. The molecule has 1 unspecified atom stereocenters. The monoisotopic (exact) mass is 398 g/mol. The van der Waals surface area contributed by atoms with E-state index in [-0.39, 0.29) is 24.8 Å². The summed E-state index contributed by atoms with van der Waals surface area (Å²) in [5.41, 5.74) is 1.19. The highest BCUT2D eigenvalue weighted by Gasteiger charge is 2.36. The normalized spacial score (nSPS) is 17.8. The second-order valence-corrected chi connectivity index (χ2v) is 6.79. The summed E-state index contributed by atoms with van der Waals surface area (Å²) in [6, 6.07) is 10.5. The quantitative estimate of drug-likeness (QED) is 0.833. The number of rotatable bonds is 5. The Bertz CT molecular complexity index is 945. The van der Waals surface area contributed by atoms with E-state index < -0.39 is 5.92 Å². The van der Waals surface area contributed by atoms with Crippen molar-refractivity contribution >= 4 is 23.2 Å². The van der Waals surface area contributed by atoms with E-state index in [1.165, 1.54) is 7.11 Å². The topological polar surface area (TPSA) is 86.3 Å².